The Hall–Kier alpha value is -3.88. The van der Waals surface area contributed by atoms with Gasteiger partial charge in [0, 0.05) is 6.42 Å². The van der Waals surface area contributed by atoms with E-state index in [4.69, 9.17) is 9.05 Å². The largest absolute Gasteiger partial charge is 0.756 e. The molecule has 0 saturated heterocycles. The summed E-state index contributed by atoms with van der Waals surface area (Å²) in [5, 5.41) is 13.8. The summed E-state index contributed by atoms with van der Waals surface area (Å²) in [6.07, 6.45) is 80.3. The number of quaternary nitrogens is 1. The van der Waals surface area contributed by atoms with E-state index < -0.39 is 26.6 Å². The van der Waals surface area contributed by atoms with Crippen molar-refractivity contribution in [3.63, 3.8) is 0 Å². The van der Waals surface area contributed by atoms with Crippen LogP contribution in [0.2, 0.25) is 0 Å². The van der Waals surface area contributed by atoms with Gasteiger partial charge in [0.2, 0.25) is 5.91 Å². The maximum atomic E-state index is 12.9. The zero-order valence-electron chi connectivity index (χ0n) is 45.3. The van der Waals surface area contributed by atoms with Crippen LogP contribution in [0.4, 0.5) is 0 Å². The van der Waals surface area contributed by atoms with Crippen molar-refractivity contribution < 1.29 is 32.9 Å². The Balaban J connectivity index is 4.41. The van der Waals surface area contributed by atoms with Crippen molar-refractivity contribution in [3.8, 4) is 0 Å². The highest BCUT2D eigenvalue weighted by Crippen LogP contribution is 2.38. The Morgan fingerprint density at radius 3 is 1.31 bits per heavy atom. The van der Waals surface area contributed by atoms with Crippen molar-refractivity contribution in [1.82, 2.24) is 5.32 Å². The molecule has 0 spiro atoms. The number of allylic oxidation sites excluding steroid dienone is 25. The number of hydrogen-bond acceptors (Lipinski definition) is 6. The first-order valence-corrected chi connectivity index (χ1v) is 28.8. The van der Waals surface area contributed by atoms with Crippen LogP contribution < -0.4 is 10.2 Å². The molecule has 1 amide bonds. The topological polar surface area (TPSA) is 108 Å². The van der Waals surface area contributed by atoms with Crippen LogP contribution in [-0.2, 0) is 18.4 Å². The molecule has 400 valence electrons. The fraction of sp³-hybridized carbons (Fsp3) is 0.565. The molecule has 0 saturated carbocycles. The molecule has 0 heterocycles. The number of likely N-dealkylation sites (N-methyl/N-ethyl adjacent to an activating group) is 1. The fourth-order valence-electron chi connectivity index (χ4n) is 6.68. The molecule has 0 fully saturated rings. The number of unbranched alkanes of at least 4 members (excludes halogenated alkanes) is 10. The highest BCUT2D eigenvalue weighted by Gasteiger charge is 2.23. The molecular weight excluding hydrogens is 900 g/mol. The van der Waals surface area contributed by atoms with Crippen LogP contribution >= 0.6 is 7.82 Å². The quantitative estimate of drug-likeness (QED) is 0.0272. The first-order chi connectivity index (χ1) is 34.5. The minimum Gasteiger partial charge on any atom is -0.756 e. The van der Waals surface area contributed by atoms with Gasteiger partial charge in [0.15, 0.2) is 0 Å². The maximum Gasteiger partial charge on any atom is 0.268 e. The number of phosphoric ester groups is 1. The molecule has 0 aromatic rings. The highest BCUT2D eigenvalue weighted by atomic mass is 31.2. The summed E-state index contributed by atoms with van der Waals surface area (Å²) < 4.78 is 23.2. The number of amides is 1. The lowest BCUT2D eigenvalue weighted by Crippen LogP contribution is -2.45. The van der Waals surface area contributed by atoms with Crippen LogP contribution in [0.15, 0.2) is 158 Å². The van der Waals surface area contributed by atoms with Gasteiger partial charge in [0.05, 0.1) is 39.9 Å². The van der Waals surface area contributed by atoms with Crippen LogP contribution in [0.25, 0.3) is 0 Å². The van der Waals surface area contributed by atoms with E-state index in [9.17, 15) is 19.4 Å². The summed E-state index contributed by atoms with van der Waals surface area (Å²) in [7, 11) is 1.18. The van der Waals surface area contributed by atoms with Crippen LogP contribution in [0, 0.1) is 0 Å². The molecule has 3 unspecified atom stereocenters. The number of rotatable bonds is 47. The van der Waals surface area contributed by atoms with Crippen molar-refractivity contribution in [3.05, 3.63) is 158 Å². The second-order valence-electron chi connectivity index (χ2n) is 18.8. The number of aliphatic hydroxyl groups excluding tert-OH is 1. The van der Waals surface area contributed by atoms with Crippen LogP contribution in [0.1, 0.15) is 174 Å². The minimum atomic E-state index is -4.63. The first kappa shape index (κ1) is 67.1. The second kappa shape index (κ2) is 51.0. The number of carbonyl (C=O) groups is 1. The van der Waals surface area contributed by atoms with E-state index in [1.54, 1.807) is 6.08 Å². The molecule has 0 aliphatic rings. The summed E-state index contributed by atoms with van der Waals surface area (Å²) >= 11 is 0. The summed E-state index contributed by atoms with van der Waals surface area (Å²) in [6, 6.07) is -0.946. The molecule has 9 heteroatoms. The molecule has 0 aromatic heterocycles. The molecule has 3 atom stereocenters. The predicted molar refractivity (Wildman–Crippen MR) is 306 cm³/mol. The molecule has 0 aromatic carbocycles. The Kier molecular flexibility index (Phi) is 48.2. The molecule has 0 bridgehead atoms. The number of nitrogens with one attached hydrogen (secondary N) is 1. The molecule has 71 heavy (non-hydrogen) atoms. The summed E-state index contributed by atoms with van der Waals surface area (Å²) in [5.41, 5.74) is 0. The van der Waals surface area contributed by atoms with Gasteiger partial charge in [-0.1, -0.05) is 204 Å². The summed E-state index contributed by atoms with van der Waals surface area (Å²) in [5.74, 6) is -0.262. The van der Waals surface area contributed by atoms with Crippen molar-refractivity contribution in [2.24, 2.45) is 0 Å². The zero-order valence-corrected chi connectivity index (χ0v) is 46.2. The Labute approximate surface area is 435 Å². The van der Waals surface area contributed by atoms with Gasteiger partial charge in [-0.15, -0.1) is 0 Å². The monoisotopic (exact) mass is 1000 g/mol. The van der Waals surface area contributed by atoms with E-state index >= 15 is 0 Å². The minimum absolute atomic E-state index is 0.0272. The number of aliphatic hydroxyl groups is 1. The van der Waals surface area contributed by atoms with Crippen molar-refractivity contribution in [2.45, 2.75) is 187 Å². The second-order valence-corrected chi connectivity index (χ2v) is 20.2. The molecule has 0 radical (unpaired) electrons. The molecule has 2 N–H and O–H groups in total. The van der Waals surface area contributed by atoms with Gasteiger partial charge in [0.25, 0.3) is 7.82 Å². The van der Waals surface area contributed by atoms with E-state index in [1.165, 1.54) is 38.5 Å². The highest BCUT2D eigenvalue weighted by molar-refractivity contribution is 7.45. The number of nitrogens with zero attached hydrogens (tertiary/aromatic N) is 1. The summed E-state index contributed by atoms with van der Waals surface area (Å²) in [6.45, 7) is 4.43. The smallest absolute Gasteiger partial charge is 0.268 e. The van der Waals surface area contributed by atoms with Crippen molar-refractivity contribution in [1.29, 1.82) is 0 Å². The van der Waals surface area contributed by atoms with E-state index in [2.05, 4.69) is 165 Å². The van der Waals surface area contributed by atoms with E-state index in [1.807, 2.05) is 27.2 Å². The van der Waals surface area contributed by atoms with Gasteiger partial charge in [-0.25, -0.2) is 0 Å². The lowest BCUT2D eigenvalue weighted by atomic mass is 10.1. The number of phosphoric acid groups is 1. The van der Waals surface area contributed by atoms with Crippen LogP contribution in [-0.4, -0.2) is 68.5 Å². The van der Waals surface area contributed by atoms with E-state index in [0.717, 1.165) is 103 Å². The van der Waals surface area contributed by atoms with Gasteiger partial charge in [-0.2, -0.15) is 0 Å². The average molecular weight is 1000 g/mol. The fourth-order valence-corrected chi connectivity index (χ4v) is 7.40. The zero-order chi connectivity index (χ0) is 52.0. The van der Waals surface area contributed by atoms with Gasteiger partial charge in [-0.05, 0) is 122 Å². The van der Waals surface area contributed by atoms with Gasteiger partial charge in [-0.3, -0.25) is 9.36 Å². The lowest BCUT2D eigenvalue weighted by Gasteiger charge is -2.29. The third-order valence-electron chi connectivity index (χ3n) is 10.9. The van der Waals surface area contributed by atoms with Crippen molar-refractivity contribution >= 4 is 13.7 Å². The van der Waals surface area contributed by atoms with E-state index in [0.29, 0.717) is 23.9 Å². The third kappa shape index (κ3) is 53.7. The van der Waals surface area contributed by atoms with Crippen LogP contribution in [0.5, 0.6) is 0 Å². The van der Waals surface area contributed by atoms with Crippen molar-refractivity contribution in [2.75, 3.05) is 40.9 Å². The van der Waals surface area contributed by atoms with E-state index in [-0.39, 0.29) is 18.9 Å². The average Bonchev–Trinajstić information content (AvgIpc) is 3.33. The van der Waals surface area contributed by atoms with Gasteiger partial charge >= 0.3 is 0 Å². The number of carbonyl (C=O) groups excluding carboxylic acids is 1. The SMILES string of the molecule is CC/C=C\C/C=C\C/C=C\C/C=C\C/C=C\C/C=C\C/C=C\C/C=C\C/C=C\C/C=C\CCCCC(=O)NC(COP(=O)([O-])OCC[N+](C)(C)C)C(O)/C=C/CC/C=C/CC/C=C/CCCCCCCC. The Morgan fingerprint density at radius 2 is 0.873 bits per heavy atom. The Bertz CT molecular complexity index is 1700. The Morgan fingerprint density at radius 1 is 0.507 bits per heavy atom. The van der Waals surface area contributed by atoms with Crippen LogP contribution in [0.3, 0.4) is 0 Å². The molecule has 0 rings (SSSR count). The molecule has 8 nitrogen and oxygen atoms in total. The molecule has 0 aliphatic heterocycles. The lowest BCUT2D eigenvalue weighted by molar-refractivity contribution is -0.870. The van der Waals surface area contributed by atoms with Gasteiger partial charge < -0.3 is 28.8 Å². The molecule has 0 aliphatic carbocycles. The molecular formula is C62H101N2O6P. The third-order valence-corrected chi connectivity index (χ3v) is 11.9. The summed E-state index contributed by atoms with van der Waals surface area (Å²) in [4.78, 5) is 25.4. The number of hydrogen-bond donors (Lipinski definition) is 2. The predicted octanol–water partition coefficient (Wildman–Crippen LogP) is 16.1. The first-order valence-electron chi connectivity index (χ1n) is 27.3. The maximum absolute atomic E-state index is 12.9. The van der Waals surface area contributed by atoms with Gasteiger partial charge in [0.1, 0.15) is 13.2 Å². The normalized spacial score (nSPS) is 15.2. The standard InChI is InChI=1S/C62H101N2O6P/c1-6-8-10-12-14-16-18-20-22-24-25-26-27-28-29-30-31-32-33-34-35-36-37-38-39-40-42-44-46-48-50-52-54-56-62(66)63-60(59-70-71(67,68)69-58-57-64(3,4)5)61(65)55-53-51-49-47-45-43-41-23-21-19-17-15-13-11-9-7-2/h8,10,14,16,20-23,25-26,28-29,31-32,34-35,37-38,40,42,45-48,53,55,60-61,65H,6-7,9,11-13,15,17-19,24,27,30,33,36,39,41,43-44,49-52,54,56-59H2,1-5H3,(H-,63,66,67,68)/b10-8-,16-14-,22-20-,23-21+,26-25-,29-28-,32-31-,35-34-,38-37-,42-40-,47-45+,48-46-,55-53+.